The summed E-state index contributed by atoms with van der Waals surface area (Å²) in [5.41, 5.74) is 2.42. The highest BCUT2D eigenvalue weighted by atomic mass is 32.1. The zero-order valence-electron chi connectivity index (χ0n) is 18.2. The highest BCUT2D eigenvalue weighted by molar-refractivity contribution is 7.13. The first-order valence-corrected chi connectivity index (χ1v) is 12.3. The zero-order valence-corrected chi connectivity index (χ0v) is 19.0. The lowest BCUT2D eigenvalue weighted by Gasteiger charge is -2.30. The number of benzene rings is 1. The first-order valence-electron chi connectivity index (χ1n) is 11.4. The van der Waals surface area contributed by atoms with Crippen molar-refractivity contribution in [1.29, 1.82) is 0 Å². The van der Waals surface area contributed by atoms with Gasteiger partial charge in [-0.15, -0.1) is 11.3 Å². The van der Waals surface area contributed by atoms with Crippen molar-refractivity contribution in [1.82, 2.24) is 20.4 Å². The summed E-state index contributed by atoms with van der Waals surface area (Å²) in [7, 11) is 0. The third-order valence-electron chi connectivity index (χ3n) is 6.32. The Morgan fingerprint density at radius 2 is 1.97 bits per heavy atom. The van der Waals surface area contributed by atoms with Gasteiger partial charge in [-0.25, -0.2) is 0 Å². The first kappa shape index (κ1) is 21.2. The van der Waals surface area contributed by atoms with Gasteiger partial charge in [-0.3, -0.25) is 9.69 Å². The maximum atomic E-state index is 12.8. The molecule has 0 aliphatic carbocycles. The summed E-state index contributed by atoms with van der Waals surface area (Å²) in [6.45, 7) is 5.11. The lowest BCUT2D eigenvalue weighted by Crippen LogP contribution is -2.42. The molecule has 2 fully saturated rings. The molecule has 2 aromatic heterocycles. The van der Waals surface area contributed by atoms with Crippen molar-refractivity contribution in [3.63, 3.8) is 0 Å². The van der Waals surface area contributed by atoms with Gasteiger partial charge in [0.25, 0.3) is 0 Å². The summed E-state index contributed by atoms with van der Waals surface area (Å²) < 4.78 is 5.44. The molecule has 1 aromatic carbocycles. The van der Waals surface area contributed by atoms with Gasteiger partial charge in [0.05, 0.1) is 17.3 Å². The van der Waals surface area contributed by atoms with Crippen LogP contribution in [0, 0.1) is 5.92 Å². The molecule has 0 radical (unpaired) electrons. The Kier molecular flexibility index (Phi) is 6.50. The molecule has 2 aliphatic heterocycles. The van der Waals surface area contributed by atoms with Crippen LogP contribution in [-0.2, 0) is 17.9 Å². The number of piperidine rings is 1. The second-order valence-corrected chi connectivity index (χ2v) is 9.59. The van der Waals surface area contributed by atoms with Crippen LogP contribution in [0.25, 0.3) is 10.7 Å². The summed E-state index contributed by atoms with van der Waals surface area (Å²) in [4.78, 5) is 23.0. The molecule has 2 aliphatic rings. The van der Waals surface area contributed by atoms with E-state index in [1.54, 1.807) is 11.3 Å². The largest absolute Gasteiger partial charge is 0.372 e. The van der Waals surface area contributed by atoms with Crippen LogP contribution >= 0.6 is 11.3 Å². The maximum absolute atomic E-state index is 12.8. The topological polar surface area (TPSA) is 74.5 Å². The van der Waals surface area contributed by atoms with Gasteiger partial charge in [0.2, 0.25) is 17.6 Å². The Morgan fingerprint density at radius 1 is 1.12 bits per heavy atom. The van der Waals surface area contributed by atoms with Gasteiger partial charge in [0.15, 0.2) is 0 Å². The van der Waals surface area contributed by atoms with Crippen LogP contribution in [0.15, 0.2) is 46.3 Å². The van der Waals surface area contributed by atoms with E-state index < -0.39 is 0 Å². The van der Waals surface area contributed by atoms with Gasteiger partial charge >= 0.3 is 0 Å². The quantitative estimate of drug-likeness (QED) is 0.587. The first-order chi connectivity index (χ1) is 15.7. The van der Waals surface area contributed by atoms with Crippen molar-refractivity contribution >= 4 is 22.9 Å². The number of likely N-dealkylation sites (tertiary alicyclic amines) is 1. The third-order valence-corrected chi connectivity index (χ3v) is 7.18. The van der Waals surface area contributed by atoms with Crippen molar-refractivity contribution in [2.24, 2.45) is 5.92 Å². The minimum absolute atomic E-state index is 0.00712. The van der Waals surface area contributed by atoms with Crippen molar-refractivity contribution in [2.75, 3.05) is 31.1 Å². The molecule has 4 heterocycles. The van der Waals surface area contributed by atoms with E-state index in [1.165, 1.54) is 18.5 Å². The van der Waals surface area contributed by atoms with E-state index in [2.05, 4.69) is 49.5 Å². The van der Waals surface area contributed by atoms with Crippen LogP contribution in [0.5, 0.6) is 0 Å². The van der Waals surface area contributed by atoms with Gasteiger partial charge in [-0.1, -0.05) is 23.4 Å². The van der Waals surface area contributed by atoms with E-state index in [4.69, 9.17) is 4.52 Å². The monoisotopic (exact) mass is 451 g/mol. The number of carbonyl (C=O) groups is 1. The maximum Gasteiger partial charge on any atom is 0.241 e. The van der Waals surface area contributed by atoms with Crippen molar-refractivity contribution in [2.45, 2.75) is 38.8 Å². The molecule has 0 bridgehead atoms. The van der Waals surface area contributed by atoms with Crippen LogP contribution in [0.3, 0.4) is 0 Å². The average Bonchev–Trinajstić information content (AvgIpc) is 3.61. The molecule has 1 N–H and O–H groups in total. The predicted molar refractivity (Wildman–Crippen MR) is 125 cm³/mol. The predicted octanol–water partition coefficient (Wildman–Crippen LogP) is 3.93. The number of nitrogens with one attached hydrogen (secondary N) is 1. The third kappa shape index (κ3) is 5.02. The number of rotatable bonds is 7. The van der Waals surface area contributed by atoms with Crippen LogP contribution in [0.1, 0.15) is 37.1 Å². The fraction of sp³-hybridized carbons (Fsp3) is 0.458. The summed E-state index contributed by atoms with van der Waals surface area (Å²) in [5, 5.41) is 9.22. The van der Waals surface area contributed by atoms with Gasteiger partial charge in [-0.05, 0) is 61.4 Å². The second-order valence-electron chi connectivity index (χ2n) is 8.64. The van der Waals surface area contributed by atoms with E-state index in [0.29, 0.717) is 24.8 Å². The number of carbonyl (C=O) groups excluding carboxylic acids is 1. The minimum atomic E-state index is -0.00712. The van der Waals surface area contributed by atoms with Crippen molar-refractivity contribution < 1.29 is 9.32 Å². The van der Waals surface area contributed by atoms with E-state index in [9.17, 15) is 4.79 Å². The van der Waals surface area contributed by atoms with Crippen molar-refractivity contribution in [3.8, 4) is 10.7 Å². The molecule has 0 saturated carbocycles. The molecule has 1 unspecified atom stereocenters. The summed E-state index contributed by atoms with van der Waals surface area (Å²) >= 11 is 1.60. The zero-order chi connectivity index (χ0) is 21.8. The standard InChI is InChI=1S/C24H29N5O2S/c30-24(25-15-18-7-9-20(10-8-18)29-12-1-2-13-29)19-5-3-11-28(16-19)17-22-26-23(27-31-22)21-6-4-14-32-21/h4,6-10,14,19H,1-3,5,11-13,15-17H2,(H,25,30). The number of anilines is 1. The Labute approximate surface area is 192 Å². The lowest BCUT2D eigenvalue weighted by molar-refractivity contribution is -0.127. The molecular formula is C24H29N5O2S. The summed E-state index contributed by atoms with van der Waals surface area (Å²) in [6.07, 6.45) is 4.46. The number of thiophene rings is 1. The molecular weight excluding hydrogens is 422 g/mol. The van der Waals surface area contributed by atoms with Gasteiger partial charge in [-0.2, -0.15) is 4.98 Å². The number of amides is 1. The number of nitrogens with zero attached hydrogens (tertiary/aromatic N) is 4. The van der Waals surface area contributed by atoms with Crippen LogP contribution in [0.2, 0.25) is 0 Å². The summed E-state index contributed by atoms with van der Waals surface area (Å²) in [5.74, 6) is 1.36. The molecule has 2 saturated heterocycles. The molecule has 1 atom stereocenters. The normalized spacial score (nSPS) is 19.4. The summed E-state index contributed by atoms with van der Waals surface area (Å²) in [6, 6.07) is 12.6. The van der Waals surface area contributed by atoms with Crippen LogP contribution < -0.4 is 10.2 Å². The molecule has 7 nitrogen and oxygen atoms in total. The van der Waals surface area contributed by atoms with Crippen LogP contribution in [0.4, 0.5) is 5.69 Å². The van der Waals surface area contributed by atoms with Gasteiger partial charge < -0.3 is 14.7 Å². The Morgan fingerprint density at radius 3 is 2.75 bits per heavy atom. The lowest BCUT2D eigenvalue weighted by atomic mass is 9.97. The van der Waals surface area contributed by atoms with Crippen molar-refractivity contribution in [3.05, 3.63) is 53.2 Å². The molecule has 168 valence electrons. The highest BCUT2D eigenvalue weighted by Gasteiger charge is 2.27. The molecule has 3 aromatic rings. The average molecular weight is 452 g/mol. The van der Waals surface area contributed by atoms with E-state index in [0.717, 1.165) is 49.5 Å². The van der Waals surface area contributed by atoms with E-state index in [-0.39, 0.29) is 11.8 Å². The van der Waals surface area contributed by atoms with Gasteiger partial charge in [0.1, 0.15) is 0 Å². The van der Waals surface area contributed by atoms with E-state index in [1.807, 2.05) is 17.5 Å². The molecule has 1 amide bonds. The Hall–Kier alpha value is -2.71. The molecule has 5 rings (SSSR count). The fourth-order valence-electron chi connectivity index (χ4n) is 4.56. The molecule has 32 heavy (non-hydrogen) atoms. The second kappa shape index (κ2) is 9.83. The fourth-order valence-corrected chi connectivity index (χ4v) is 5.21. The number of hydrogen-bond acceptors (Lipinski definition) is 7. The van der Waals surface area contributed by atoms with E-state index >= 15 is 0 Å². The number of aromatic nitrogens is 2. The number of hydrogen-bond donors (Lipinski definition) is 1. The highest BCUT2D eigenvalue weighted by Crippen LogP contribution is 2.24. The SMILES string of the molecule is O=C(NCc1ccc(N2CCCC2)cc1)C1CCCN(Cc2nc(-c3cccs3)no2)C1. The Balaban J connectivity index is 1.11. The minimum Gasteiger partial charge on any atom is -0.372 e. The molecule has 0 spiro atoms. The van der Waals surface area contributed by atoms with Gasteiger partial charge in [0, 0.05) is 31.9 Å². The van der Waals surface area contributed by atoms with Crippen LogP contribution in [-0.4, -0.2) is 47.1 Å². The smallest absolute Gasteiger partial charge is 0.241 e. The molecule has 8 heteroatoms. The Bertz CT molecular complexity index is 1010.